The van der Waals surface area contributed by atoms with Crippen LogP contribution in [0, 0.1) is 11.2 Å². The predicted molar refractivity (Wildman–Crippen MR) is 113 cm³/mol. The van der Waals surface area contributed by atoms with E-state index in [1.807, 2.05) is 49.1 Å². The number of piperidine rings is 1. The molecule has 1 atom stereocenters. The highest BCUT2D eigenvalue weighted by Crippen LogP contribution is 2.35. The molecule has 1 fully saturated rings. The molecule has 3 rings (SSSR count). The first-order chi connectivity index (χ1) is 14.0. The lowest BCUT2D eigenvalue weighted by Gasteiger charge is -2.42. The molecule has 0 aromatic heterocycles. The topological polar surface area (TPSA) is 49.4 Å². The zero-order valence-corrected chi connectivity index (χ0v) is 17.2. The van der Waals surface area contributed by atoms with Crippen LogP contribution in [-0.4, -0.2) is 36.3 Å². The lowest BCUT2D eigenvalue weighted by molar-refractivity contribution is -0.141. The smallest absolute Gasteiger partial charge is 0.228 e. The monoisotopic (exact) mass is 396 g/mol. The van der Waals surface area contributed by atoms with Gasteiger partial charge in [-0.2, -0.15) is 0 Å². The Hall–Kier alpha value is -2.69. The van der Waals surface area contributed by atoms with E-state index < -0.39 is 5.41 Å². The lowest BCUT2D eigenvalue weighted by atomic mass is 9.74. The number of hydrogen-bond acceptors (Lipinski definition) is 2. The highest BCUT2D eigenvalue weighted by molar-refractivity contribution is 5.85. The SMILES string of the molecule is CCNC(=O)[C@]1(Cc2cccc(-c3cccc(F)c3)c2)CCCN(C(=O)CC)C1. The molecule has 2 aromatic carbocycles. The van der Waals surface area contributed by atoms with Gasteiger partial charge in [0.05, 0.1) is 5.41 Å². The Bertz CT molecular complexity index is 883. The van der Waals surface area contributed by atoms with Gasteiger partial charge in [-0.05, 0) is 55.0 Å². The summed E-state index contributed by atoms with van der Waals surface area (Å²) in [6, 6.07) is 14.4. The highest BCUT2D eigenvalue weighted by atomic mass is 19.1. The average molecular weight is 397 g/mol. The molecule has 29 heavy (non-hydrogen) atoms. The van der Waals surface area contributed by atoms with Crippen molar-refractivity contribution in [2.45, 2.75) is 39.5 Å². The summed E-state index contributed by atoms with van der Waals surface area (Å²) in [6.07, 6.45) is 2.55. The van der Waals surface area contributed by atoms with Crippen LogP contribution in [0.25, 0.3) is 11.1 Å². The number of benzene rings is 2. The van der Waals surface area contributed by atoms with E-state index in [1.54, 1.807) is 6.07 Å². The maximum Gasteiger partial charge on any atom is 0.228 e. The summed E-state index contributed by atoms with van der Waals surface area (Å²) in [7, 11) is 0. The lowest BCUT2D eigenvalue weighted by Crippen LogP contribution is -2.54. The van der Waals surface area contributed by atoms with E-state index in [1.165, 1.54) is 12.1 Å². The molecule has 5 heteroatoms. The number of carbonyl (C=O) groups is 2. The largest absolute Gasteiger partial charge is 0.356 e. The number of nitrogens with one attached hydrogen (secondary N) is 1. The van der Waals surface area contributed by atoms with E-state index in [9.17, 15) is 14.0 Å². The van der Waals surface area contributed by atoms with Crippen molar-refractivity contribution in [3.63, 3.8) is 0 Å². The van der Waals surface area contributed by atoms with Crippen LogP contribution >= 0.6 is 0 Å². The number of likely N-dealkylation sites (tertiary alicyclic amines) is 1. The molecule has 2 amide bonds. The van der Waals surface area contributed by atoms with E-state index in [-0.39, 0.29) is 17.6 Å². The van der Waals surface area contributed by atoms with Gasteiger partial charge in [0.1, 0.15) is 5.82 Å². The van der Waals surface area contributed by atoms with Crippen molar-refractivity contribution in [2.24, 2.45) is 5.41 Å². The van der Waals surface area contributed by atoms with E-state index in [2.05, 4.69) is 5.32 Å². The Morgan fingerprint density at radius 3 is 2.52 bits per heavy atom. The van der Waals surface area contributed by atoms with Crippen molar-refractivity contribution < 1.29 is 14.0 Å². The van der Waals surface area contributed by atoms with Crippen LogP contribution in [0.5, 0.6) is 0 Å². The van der Waals surface area contributed by atoms with E-state index in [0.29, 0.717) is 32.5 Å². The quantitative estimate of drug-likeness (QED) is 0.796. The van der Waals surface area contributed by atoms with Gasteiger partial charge in [0.2, 0.25) is 11.8 Å². The minimum atomic E-state index is -0.639. The van der Waals surface area contributed by atoms with Gasteiger partial charge in [-0.1, -0.05) is 43.3 Å². The summed E-state index contributed by atoms with van der Waals surface area (Å²) in [5.41, 5.74) is 2.11. The zero-order valence-electron chi connectivity index (χ0n) is 17.2. The number of nitrogens with zero attached hydrogens (tertiary/aromatic N) is 1. The van der Waals surface area contributed by atoms with E-state index >= 15 is 0 Å². The second-order valence-electron chi connectivity index (χ2n) is 7.80. The van der Waals surface area contributed by atoms with E-state index in [0.717, 1.165) is 29.5 Å². The Balaban J connectivity index is 1.91. The van der Waals surface area contributed by atoms with Gasteiger partial charge in [-0.3, -0.25) is 9.59 Å². The van der Waals surface area contributed by atoms with Crippen molar-refractivity contribution in [2.75, 3.05) is 19.6 Å². The summed E-state index contributed by atoms with van der Waals surface area (Å²) in [5.74, 6) is -0.177. The fourth-order valence-electron chi connectivity index (χ4n) is 4.25. The first kappa shape index (κ1) is 21.0. The average Bonchev–Trinajstić information content (AvgIpc) is 2.73. The summed E-state index contributed by atoms with van der Waals surface area (Å²) in [6.45, 7) is 5.47. The van der Waals surface area contributed by atoms with Gasteiger partial charge in [0, 0.05) is 26.1 Å². The summed E-state index contributed by atoms with van der Waals surface area (Å²) >= 11 is 0. The molecule has 1 aliphatic heterocycles. The molecule has 0 radical (unpaired) electrons. The number of hydrogen-bond donors (Lipinski definition) is 1. The third-order valence-corrected chi connectivity index (χ3v) is 5.68. The minimum Gasteiger partial charge on any atom is -0.356 e. The standard InChI is InChI=1S/C24H29FN2O2/c1-3-22(28)27-13-7-12-24(17-27,23(29)26-4-2)16-18-8-5-9-19(14-18)20-10-6-11-21(25)15-20/h5-6,8-11,14-15H,3-4,7,12-13,16-17H2,1-2H3,(H,26,29)/t24-/m0/s1. The molecule has 0 bridgehead atoms. The third kappa shape index (κ3) is 4.84. The maximum absolute atomic E-state index is 13.6. The number of rotatable bonds is 6. The van der Waals surface area contributed by atoms with Crippen molar-refractivity contribution in [3.8, 4) is 11.1 Å². The molecule has 0 aliphatic carbocycles. The molecule has 0 saturated carbocycles. The Morgan fingerprint density at radius 2 is 1.83 bits per heavy atom. The maximum atomic E-state index is 13.6. The van der Waals surface area contributed by atoms with Crippen molar-refractivity contribution >= 4 is 11.8 Å². The second-order valence-corrected chi connectivity index (χ2v) is 7.80. The highest BCUT2D eigenvalue weighted by Gasteiger charge is 2.43. The second kappa shape index (κ2) is 9.21. The van der Waals surface area contributed by atoms with Crippen LogP contribution < -0.4 is 5.32 Å². The number of carbonyl (C=O) groups excluding carboxylic acids is 2. The molecule has 2 aromatic rings. The van der Waals surface area contributed by atoms with Crippen LogP contribution in [0.3, 0.4) is 0 Å². The Morgan fingerprint density at radius 1 is 1.10 bits per heavy atom. The fraction of sp³-hybridized carbons (Fsp3) is 0.417. The molecule has 1 N–H and O–H groups in total. The minimum absolute atomic E-state index is 0.00441. The van der Waals surface area contributed by atoms with Gasteiger partial charge in [0.15, 0.2) is 0 Å². The van der Waals surface area contributed by atoms with Crippen molar-refractivity contribution in [3.05, 3.63) is 59.9 Å². The van der Waals surface area contributed by atoms with Crippen LogP contribution in [0.1, 0.15) is 38.7 Å². The van der Waals surface area contributed by atoms with Gasteiger partial charge < -0.3 is 10.2 Å². The van der Waals surface area contributed by atoms with Gasteiger partial charge >= 0.3 is 0 Å². The van der Waals surface area contributed by atoms with Gasteiger partial charge in [0.25, 0.3) is 0 Å². The van der Waals surface area contributed by atoms with Crippen molar-refractivity contribution in [1.82, 2.24) is 10.2 Å². The molecular formula is C24H29FN2O2. The van der Waals surface area contributed by atoms with Crippen LogP contribution in [0.4, 0.5) is 4.39 Å². The predicted octanol–water partition coefficient (Wildman–Crippen LogP) is 4.19. The molecule has 1 saturated heterocycles. The molecule has 154 valence electrons. The normalized spacial score (nSPS) is 19.1. The van der Waals surface area contributed by atoms with Crippen LogP contribution in [0.15, 0.2) is 48.5 Å². The van der Waals surface area contributed by atoms with Crippen LogP contribution in [-0.2, 0) is 16.0 Å². The van der Waals surface area contributed by atoms with Crippen LogP contribution in [0.2, 0.25) is 0 Å². The third-order valence-electron chi connectivity index (χ3n) is 5.68. The zero-order chi connectivity index (χ0) is 20.9. The van der Waals surface area contributed by atoms with Gasteiger partial charge in [-0.25, -0.2) is 4.39 Å². The number of amides is 2. The summed E-state index contributed by atoms with van der Waals surface area (Å²) in [5, 5.41) is 2.98. The van der Waals surface area contributed by atoms with Crippen molar-refractivity contribution in [1.29, 1.82) is 0 Å². The first-order valence-corrected chi connectivity index (χ1v) is 10.4. The number of halogens is 1. The molecule has 0 spiro atoms. The van der Waals surface area contributed by atoms with E-state index in [4.69, 9.17) is 0 Å². The molecular weight excluding hydrogens is 367 g/mol. The van der Waals surface area contributed by atoms with Gasteiger partial charge in [-0.15, -0.1) is 0 Å². The molecule has 4 nitrogen and oxygen atoms in total. The first-order valence-electron chi connectivity index (χ1n) is 10.4. The molecule has 1 aliphatic rings. The summed E-state index contributed by atoms with van der Waals surface area (Å²) < 4.78 is 13.6. The summed E-state index contributed by atoms with van der Waals surface area (Å²) in [4.78, 5) is 27.2. The Labute approximate surface area is 172 Å². The molecule has 0 unspecified atom stereocenters. The fourth-order valence-corrected chi connectivity index (χ4v) is 4.25. The Kier molecular flexibility index (Phi) is 6.68. The molecule has 1 heterocycles.